The molecule has 1 aromatic rings. The van der Waals surface area contributed by atoms with Gasteiger partial charge in [-0.1, -0.05) is 18.2 Å². The molecule has 1 aromatic carbocycles. The summed E-state index contributed by atoms with van der Waals surface area (Å²) in [6.45, 7) is 0.705. The van der Waals surface area contributed by atoms with E-state index in [0.29, 0.717) is 6.61 Å². The van der Waals surface area contributed by atoms with Gasteiger partial charge in [-0.25, -0.2) is 0 Å². The van der Waals surface area contributed by atoms with E-state index in [0.717, 1.165) is 24.2 Å². The quantitative estimate of drug-likeness (QED) is 0.581. The Morgan fingerprint density at radius 3 is 2.83 bits per heavy atom. The third-order valence-corrected chi connectivity index (χ3v) is 2.42. The number of rotatable bonds is 0. The number of para-hydroxylation sites is 1. The molecule has 0 unspecified atom stereocenters. The Balaban J connectivity index is 2.01. The third kappa shape index (κ3) is 0.847. The van der Waals surface area contributed by atoms with Gasteiger partial charge in [-0.05, 0) is 6.07 Å². The summed E-state index contributed by atoms with van der Waals surface area (Å²) in [6, 6.07) is 8.07. The number of hydrogen-bond donors (Lipinski definition) is 0. The van der Waals surface area contributed by atoms with Crippen LogP contribution in [-0.4, -0.2) is 5.79 Å². The number of fused-ring (bicyclic) bond motifs is 1. The lowest BCUT2D eigenvalue weighted by Gasteiger charge is -2.25. The highest BCUT2D eigenvalue weighted by Crippen LogP contribution is 2.45. The Hall–Kier alpha value is -1.02. The van der Waals surface area contributed by atoms with Crippen LogP contribution in [0.15, 0.2) is 24.3 Å². The predicted molar refractivity (Wildman–Crippen MR) is 43.8 cm³/mol. The molecule has 1 fully saturated rings. The van der Waals surface area contributed by atoms with Crippen LogP contribution in [0, 0.1) is 0 Å². The Bertz CT molecular complexity index is 315. The normalized spacial score (nSPS) is 23.0. The maximum Gasteiger partial charge on any atom is 0.211 e. The lowest BCUT2D eigenvalue weighted by molar-refractivity contribution is -0.131. The van der Waals surface area contributed by atoms with Crippen molar-refractivity contribution in [3.05, 3.63) is 29.8 Å². The zero-order chi connectivity index (χ0) is 8.02. The molecule has 0 bridgehead atoms. The van der Waals surface area contributed by atoms with Crippen LogP contribution in [0.2, 0.25) is 0 Å². The van der Waals surface area contributed by atoms with Crippen LogP contribution in [0.3, 0.4) is 0 Å². The Morgan fingerprint density at radius 1 is 1.17 bits per heavy atom. The van der Waals surface area contributed by atoms with Gasteiger partial charge in [-0.3, -0.25) is 0 Å². The van der Waals surface area contributed by atoms with Crippen molar-refractivity contribution < 1.29 is 9.47 Å². The van der Waals surface area contributed by atoms with Gasteiger partial charge in [-0.2, -0.15) is 0 Å². The molecule has 0 saturated heterocycles. The smallest absolute Gasteiger partial charge is 0.211 e. The van der Waals surface area contributed by atoms with Crippen LogP contribution in [0.5, 0.6) is 5.75 Å². The van der Waals surface area contributed by atoms with Gasteiger partial charge in [0.25, 0.3) is 0 Å². The largest absolute Gasteiger partial charge is 0.462 e. The molecule has 12 heavy (non-hydrogen) atoms. The predicted octanol–water partition coefficient (Wildman–Crippen LogP) is 2.09. The van der Waals surface area contributed by atoms with E-state index in [4.69, 9.17) is 9.47 Å². The molecular formula is C10H10O2. The maximum absolute atomic E-state index is 5.71. The lowest BCUT2D eigenvalue weighted by Crippen LogP contribution is -2.26. The van der Waals surface area contributed by atoms with E-state index >= 15 is 0 Å². The highest BCUT2D eigenvalue weighted by molar-refractivity contribution is 5.35. The summed E-state index contributed by atoms with van der Waals surface area (Å²) < 4.78 is 11.3. The molecule has 2 aliphatic rings. The van der Waals surface area contributed by atoms with Gasteiger partial charge in [0, 0.05) is 18.4 Å². The lowest BCUT2D eigenvalue weighted by atomic mass is 10.2. The molecule has 1 spiro atoms. The monoisotopic (exact) mass is 162 g/mol. The second-order valence-electron chi connectivity index (χ2n) is 3.41. The van der Waals surface area contributed by atoms with Crippen molar-refractivity contribution in [2.45, 2.75) is 25.2 Å². The van der Waals surface area contributed by atoms with Crippen LogP contribution in [0.4, 0.5) is 0 Å². The Labute approximate surface area is 71.1 Å². The van der Waals surface area contributed by atoms with E-state index in [1.807, 2.05) is 24.3 Å². The molecule has 62 valence electrons. The third-order valence-electron chi connectivity index (χ3n) is 2.42. The van der Waals surface area contributed by atoms with Crippen LogP contribution >= 0.6 is 0 Å². The Morgan fingerprint density at radius 2 is 2.00 bits per heavy atom. The fourth-order valence-corrected chi connectivity index (χ4v) is 1.51. The summed E-state index contributed by atoms with van der Waals surface area (Å²) >= 11 is 0. The van der Waals surface area contributed by atoms with Crippen molar-refractivity contribution in [1.29, 1.82) is 0 Å². The molecule has 0 aromatic heterocycles. The summed E-state index contributed by atoms with van der Waals surface area (Å²) in [6.07, 6.45) is 2.09. The molecule has 2 heteroatoms. The topological polar surface area (TPSA) is 18.5 Å². The van der Waals surface area contributed by atoms with Crippen molar-refractivity contribution >= 4 is 0 Å². The molecule has 1 heterocycles. The van der Waals surface area contributed by atoms with Crippen LogP contribution in [0.1, 0.15) is 18.4 Å². The van der Waals surface area contributed by atoms with E-state index < -0.39 is 0 Å². The molecule has 2 nitrogen and oxygen atoms in total. The fourth-order valence-electron chi connectivity index (χ4n) is 1.51. The molecule has 1 aliphatic heterocycles. The minimum Gasteiger partial charge on any atom is -0.462 e. The second kappa shape index (κ2) is 2.02. The van der Waals surface area contributed by atoms with Crippen LogP contribution < -0.4 is 4.74 Å². The first-order valence-electron chi connectivity index (χ1n) is 4.29. The van der Waals surface area contributed by atoms with Crippen molar-refractivity contribution in [2.75, 3.05) is 0 Å². The van der Waals surface area contributed by atoms with Gasteiger partial charge in [0.2, 0.25) is 5.79 Å². The van der Waals surface area contributed by atoms with Crippen molar-refractivity contribution in [3.8, 4) is 5.75 Å². The summed E-state index contributed by atoms with van der Waals surface area (Å²) in [5, 5.41) is 0. The van der Waals surface area contributed by atoms with Crippen molar-refractivity contribution in [1.82, 2.24) is 0 Å². The van der Waals surface area contributed by atoms with Crippen LogP contribution in [0.25, 0.3) is 0 Å². The standard InChI is InChI=1S/C10H10O2/c1-2-4-9-8(3-1)7-11-10(12-9)5-6-10/h1-4H,5-7H2. The molecule has 3 rings (SSSR count). The van der Waals surface area contributed by atoms with Gasteiger partial charge in [0.15, 0.2) is 0 Å². The zero-order valence-electron chi connectivity index (χ0n) is 6.75. The second-order valence-corrected chi connectivity index (χ2v) is 3.41. The van der Waals surface area contributed by atoms with Gasteiger partial charge < -0.3 is 9.47 Å². The van der Waals surface area contributed by atoms with E-state index in [1.54, 1.807) is 0 Å². The van der Waals surface area contributed by atoms with E-state index in [-0.39, 0.29) is 5.79 Å². The highest BCUT2D eigenvalue weighted by Gasteiger charge is 2.49. The summed E-state index contributed by atoms with van der Waals surface area (Å²) in [5.74, 6) is 0.773. The molecule has 0 amide bonds. The molecule has 1 aliphatic carbocycles. The number of benzene rings is 1. The van der Waals surface area contributed by atoms with Crippen molar-refractivity contribution in [3.63, 3.8) is 0 Å². The fraction of sp³-hybridized carbons (Fsp3) is 0.400. The SMILES string of the molecule is c1ccc2c(c1)COC1(CC1)O2. The van der Waals surface area contributed by atoms with Crippen LogP contribution in [-0.2, 0) is 11.3 Å². The number of hydrogen-bond acceptors (Lipinski definition) is 2. The molecule has 0 N–H and O–H groups in total. The number of ether oxygens (including phenoxy) is 2. The molecular weight excluding hydrogens is 152 g/mol. The molecule has 0 radical (unpaired) electrons. The summed E-state index contributed by atoms with van der Waals surface area (Å²) in [7, 11) is 0. The van der Waals surface area contributed by atoms with Gasteiger partial charge in [0.1, 0.15) is 5.75 Å². The first-order valence-corrected chi connectivity index (χ1v) is 4.29. The Kier molecular flexibility index (Phi) is 1.09. The summed E-state index contributed by atoms with van der Waals surface area (Å²) in [4.78, 5) is 0. The van der Waals surface area contributed by atoms with Gasteiger partial charge >= 0.3 is 0 Å². The van der Waals surface area contributed by atoms with E-state index in [9.17, 15) is 0 Å². The first-order chi connectivity index (χ1) is 5.88. The maximum atomic E-state index is 5.71. The molecule has 1 saturated carbocycles. The zero-order valence-corrected chi connectivity index (χ0v) is 6.75. The van der Waals surface area contributed by atoms with Gasteiger partial charge in [-0.15, -0.1) is 0 Å². The van der Waals surface area contributed by atoms with E-state index in [2.05, 4.69) is 0 Å². The average Bonchev–Trinajstić information content (AvgIpc) is 2.85. The minimum absolute atomic E-state index is 0.228. The molecule has 0 atom stereocenters. The minimum atomic E-state index is -0.228. The van der Waals surface area contributed by atoms with Gasteiger partial charge in [0.05, 0.1) is 6.61 Å². The first kappa shape index (κ1) is 6.49. The average molecular weight is 162 g/mol. The highest BCUT2D eigenvalue weighted by atomic mass is 16.7. The van der Waals surface area contributed by atoms with E-state index in [1.165, 1.54) is 0 Å². The van der Waals surface area contributed by atoms with Crippen molar-refractivity contribution in [2.24, 2.45) is 0 Å². The summed E-state index contributed by atoms with van der Waals surface area (Å²) in [5.41, 5.74) is 1.16.